The molecule has 2 aromatic carbocycles. The number of methoxy groups -OCH3 is 2. The Morgan fingerprint density at radius 2 is 1.89 bits per heavy atom. The van der Waals surface area contributed by atoms with Crippen LogP contribution in [0.25, 0.3) is 0 Å². The molecule has 0 radical (unpaired) electrons. The number of carbonyl (C=O) groups is 1. The van der Waals surface area contributed by atoms with E-state index in [1.54, 1.807) is 56.0 Å². The van der Waals surface area contributed by atoms with Crippen molar-refractivity contribution in [2.75, 3.05) is 19.5 Å². The average molecular weight is 511 g/mol. The maximum Gasteiger partial charge on any atom is 0.259 e. The second kappa shape index (κ2) is 10.4. The Hall–Kier alpha value is -2.83. The van der Waals surface area contributed by atoms with Gasteiger partial charge in [-0.15, -0.1) is 11.3 Å². The molecule has 7 heteroatoms. The minimum Gasteiger partial charge on any atom is -0.497 e. The monoisotopic (exact) mass is 510 g/mol. The molecular weight excluding hydrogens is 480 g/mol. The van der Waals surface area contributed by atoms with Crippen LogP contribution in [0.1, 0.15) is 53.6 Å². The van der Waals surface area contributed by atoms with Gasteiger partial charge in [-0.2, -0.15) is 0 Å². The highest BCUT2D eigenvalue weighted by Gasteiger charge is 2.33. The highest BCUT2D eigenvalue weighted by atomic mass is 35.5. The lowest BCUT2D eigenvalue weighted by atomic mass is 9.72. The maximum atomic E-state index is 13.5. The average Bonchev–Trinajstić information content (AvgIpc) is 3.21. The number of nitrogens with one attached hydrogen (secondary N) is 1. The van der Waals surface area contributed by atoms with E-state index in [4.69, 9.17) is 26.1 Å². The van der Waals surface area contributed by atoms with Crippen molar-refractivity contribution < 1.29 is 14.3 Å². The van der Waals surface area contributed by atoms with Gasteiger partial charge in [-0.25, -0.2) is 4.99 Å². The number of benzene rings is 2. The number of halogens is 1. The molecule has 1 N–H and O–H groups in total. The number of aliphatic imine (C=N–C) groups is 1. The molecule has 3 aromatic rings. The lowest BCUT2D eigenvalue weighted by Crippen LogP contribution is -2.27. The molecule has 5 nitrogen and oxygen atoms in total. The number of rotatable bonds is 6. The van der Waals surface area contributed by atoms with Crippen LogP contribution in [0.4, 0.5) is 10.7 Å². The van der Waals surface area contributed by atoms with Gasteiger partial charge in [0.2, 0.25) is 0 Å². The summed E-state index contributed by atoms with van der Waals surface area (Å²) in [5.74, 6) is 1.79. The van der Waals surface area contributed by atoms with Crippen LogP contribution in [0.15, 0.2) is 47.5 Å². The molecule has 1 aliphatic rings. The molecule has 1 heterocycles. The summed E-state index contributed by atoms with van der Waals surface area (Å²) < 4.78 is 10.8. The van der Waals surface area contributed by atoms with Crippen LogP contribution in [0.5, 0.6) is 11.5 Å². The number of hydrogen-bond acceptors (Lipinski definition) is 5. The first-order chi connectivity index (χ1) is 16.7. The molecule has 1 amide bonds. The standard InChI is InChI=1S/C28H31ClN2O3S/c1-28(2,3)18-7-13-22-24(14-18)35-27(25(22)26(32)31-20-10-8-19(29)9-11-20)30-16-17-6-12-21(33-4)15-23(17)34-5/h6,8-12,15-16,18H,7,13-14H2,1-5H3,(H,31,32)/t18-/m1/s1. The molecule has 35 heavy (non-hydrogen) atoms. The van der Waals surface area contributed by atoms with Gasteiger partial charge in [0.15, 0.2) is 0 Å². The number of amides is 1. The Morgan fingerprint density at radius 1 is 1.14 bits per heavy atom. The molecule has 184 valence electrons. The van der Waals surface area contributed by atoms with Gasteiger partial charge in [-0.1, -0.05) is 32.4 Å². The van der Waals surface area contributed by atoms with Crippen LogP contribution in [0.2, 0.25) is 5.02 Å². The number of carbonyl (C=O) groups excluding carboxylic acids is 1. The molecule has 4 rings (SSSR count). The molecule has 0 saturated heterocycles. The van der Waals surface area contributed by atoms with Crippen molar-refractivity contribution in [3.63, 3.8) is 0 Å². The highest BCUT2D eigenvalue weighted by molar-refractivity contribution is 7.16. The van der Waals surface area contributed by atoms with Gasteiger partial charge in [-0.3, -0.25) is 4.79 Å². The number of ether oxygens (including phenoxy) is 2. The van der Waals surface area contributed by atoms with Crippen molar-refractivity contribution in [3.8, 4) is 11.5 Å². The zero-order chi connectivity index (χ0) is 25.2. The van der Waals surface area contributed by atoms with Crippen LogP contribution in [0, 0.1) is 11.3 Å². The quantitative estimate of drug-likeness (QED) is 0.348. The fraction of sp³-hybridized carbons (Fsp3) is 0.357. The van der Waals surface area contributed by atoms with Gasteiger partial charge in [-0.05, 0) is 72.6 Å². The van der Waals surface area contributed by atoms with E-state index in [1.165, 1.54) is 4.88 Å². The van der Waals surface area contributed by atoms with E-state index in [2.05, 4.69) is 26.1 Å². The number of thiophene rings is 1. The first kappa shape index (κ1) is 25.3. The third kappa shape index (κ3) is 5.71. The van der Waals surface area contributed by atoms with Gasteiger partial charge in [0, 0.05) is 33.4 Å². The van der Waals surface area contributed by atoms with Crippen molar-refractivity contribution in [2.45, 2.75) is 40.0 Å². The summed E-state index contributed by atoms with van der Waals surface area (Å²) in [4.78, 5) is 19.6. The van der Waals surface area contributed by atoms with Crippen LogP contribution >= 0.6 is 22.9 Å². The van der Waals surface area contributed by atoms with E-state index < -0.39 is 0 Å². The van der Waals surface area contributed by atoms with Gasteiger partial charge in [0.1, 0.15) is 16.5 Å². The van der Waals surface area contributed by atoms with Crippen molar-refractivity contribution >= 4 is 45.7 Å². The van der Waals surface area contributed by atoms with Gasteiger partial charge >= 0.3 is 0 Å². The van der Waals surface area contributed by atoms with Crippen LogP contribution in [-0.2, 0) is 12.8 Å². The molecule has 1 aromatic heterocycles. The van der Waals surface area contributed by atoms with Crippen molar-refractivity contribution in [1.82, 2.24) is 0 Å². The number of fused-ring (bicyclic) bond motifs is 1. The van der Waals surface area contributed by atoms with E-state index in [-0.39, 0.29) is 11.3 Å². The van der Waals surface area contributed by atoms with E-state index >= 15 is 0 Å². The second-order valence-electron chi connectivity index (χ2n) is 9.82. The van der Waals surface area contributed by atoms with Crippen LogP contribution < -0.4 is 14.8 Å². The topological polar surface area (TPSA) is 59.9 Å². The first-order valence-electron chi connectivity index (χ1n) is 11.7. The smallest absolute Gasteiger partial charge is 0.259 e. The Kier molecular flexibility index (Phi) is 7.53. The van der Waals surface area contributed by atoms with Gasteiger partial charge in [0.05, 0.1) is 19.8 Å². The predicted octanol–water partition coefficient (Wildman–Crippen LogP) is 7.57. The molecule has 0 spiro atoms. The first-order valence-corrected chi connectivity index (χ1v) is 12.9. The molecule has 0 bridgehead atoms. The van der Waals surface area contributed by atoms with E-state index in [0.29, 0.717) is 38.7 Å². The Balaban J connectivity index is 1.71. The fourth-order valence-corrected chi connectivity index (χ4v) is 5.81. The number of hydrogen-bond donors (Lipinski definition) is 1. The number of nitrogens with zero attached hydrogens (tertiary/aromatic N) is 1. The van der Waals surface area contributed by atoms with E-state index in [0.717, 1.165) is 30.4 Å². The van der Waals surface area contributed by atoms with Gasteiger partial charge in [0.25, 0.3) is 5.91 Å². The summed E-state index contributed by atoms with van der Waals surface area (Å²) in [5.41, 5.74) is 3.52. The summed E-state index contributed by atoms with van der Waals surface area (Å²) in [7, 11) is 3.24. The Bertz CT molecular complexity index is 1240. The summed E-state index contributed by atoms with van der Waals surface area (Å²) in [6, 6.07) is 12.7. The largest absolute Gasteiger partial charge is 0.497 e. The normalized spacial score (nSPS) is 15.7. The van der Waals surface area contributed by atoms with Crippen molar-refractivity contribution in [2.24, 2.45) is 16.3 Å². The third-order valence-corrected chi connectivity index (χ3v) is 7.98. The van der Waals surface area contributed by atoms with Crippen LogP contribution in [0.3, 0.4) is 0 Å². The summed E-state index contributed by atoms with van der Waals surface area (Å²) >= 11 is 7.63. The molecular formula is C28H31ClN2O3S. The predicted molar refractivity (Wildman–Crippen MR) is 145 cm³/mol. The fourth-order valence-electron chi connectivity index (χ4n) is 4.42. The Labute approximate surface area is 216 Å². The van der Waals surface area contributed by atoms with Crippen molar-refractivity contribution in [1.29, 1.82) is 0 Å². The molecule has 0 saturated carbocycles. The zero-order valence-corrected chi connectivity index (χ0v) is 22.3. The molecule has 0 aliphatic heterocycles. The lowest BCUT2D eigenvalue weighted by Gasteiger charge is -2.33. The van der Waals surface area contributed by atoms with Crippen LogP contribution in [-0.4, -0.2) is 26.3 Å². The SMILES string of the molecule is COc1ccc(C=Nc2sc3c(c2C(=O)Nc2ccc(Cl)cc2)CC[C@@H](C(C)(C)C)C3)c(OC)c1. The summed E-state index contributed by atoms with van der Waals surface area (Å²) in [6.45, 7) is 6.87. The zero-order valence-electron chi connectivity index (χ0n) is 20.8. The van der Waals surface area contributed by atoms with Crippen molar-refractivity contribution in [3.05, 3.63) is 69.1 Å². The molecule has 1 aliphatic carbocycles. The highest BCUT2D eigenvalue weighted by Crippen LogP contribution is 2.45. The minimum absolute atomic E-state index is 0.145. The molecule has 0 unspecified atom stereocenters. The Morgan fingerprint density at radius 3 is 2.54 bits per heavy atom. The summed E-state index contributed by atoms with van der Waals surface area (Å²) in [6.07, 6.45) is 4.66. The third-order valence-electron chi connectivity index (χ3n) is 6.56. The van der Waals surface area contributed by atoms with E-state index in [1.807, 2.05) is 18.2 Å². The maximum absolute atomic E-state index is 13.5. The second-order valence-corrected chi connectivity index (χ2v) is 11.3. The van der Waals surface area contributed by atoms with E-state index in [9.17, 15) is 4.79 Å². The van der Waals surface area contributed by atoms with Gasteiger partial charge < -0.3 is 14.8 Å². The summed E-state index contributed by atoms with van der Waals surface area (Å²) in [5, 5.41) is 4.38. The number of anilines is 1. The lowest BCUT2D eigenvalue weighted by molar-refractivity contribution is 0.102. The molecule has 0 fully saturated rings. The molecule has 1 atom stereocenters. The minimum atomic E-state index is -0.145.